The Morgan fingerprint density at radius 2 is 1.96 bits per heavy atom. The molecule has 142 valence electrons. The smallest absolute Gasteiger partial charge is 0.330 e. The maximum atomic E-state index is 12.7. The van der Waals surface area contributed by atoms with Crippen LogP contribution in [-0.4, -0.2) is 28.0 Å². The Morgan fingerprint density at radius 3 is 2.61 bits per heavy atom. The number of carbonyl (C=O) groups excluding carboxylic acids is 2. The number of rotatable bonds is 3. The molecule has 0 radical (unpaired) electrons. The largest absolute Gasteiger partial charge is 0.335 e. The van der Waals surface area contributed by atoms with Crippen molar-refractivity contribution in [1.82, 2.24) is 20.5 Å². The molecule has 0 bridgehead atoms. The fourth-order valence-corrected chi connectivity index (χ4v) is 3.16. The number of hydrogen-bond donors (Lipinski definition) is 2. The Bertz CT molecular complexity index is 976. The first kappa shape index (κ1) is 19.1. The van der Waals surface area contributed by atoms with Crippen molar-refractivity contribution in [2.75, 3.05) is 0 Å². The molecule has 0 spiro atoms. The van der Waals surface area contributed by atoms with Crippen molar-refractivity contribution in [3.63, 3.8) is 0 Å². The fourth-order valence-electron chi connectivity index (χ4n) is 3.16. The zero-order chi connectivity index (χ0) is 20.3. The first-order valence-corrected chi connectivity index (χ1v) is 8.94. The van der Waals surface area contributed by atoms with E-state index in [1.807, 2.05) is 50.2 Å². The molecule has 1 atom stereocenters. The van der Waals surface area contributed by atoms with Gasteiger partial charge in [-0.05, 0) is 55.7 Å². The van der Waals surface area contributed by atoms with Gasteiger partial charge in [-0.1, -0.05) is 18.2 Å². The molecule has 1 aromatic heterocycles. The second-order valence-corrected chi connectivity index (χ2v) is 6.82. The molecule has 1 unspecified atom stereocenters. The van der Waals surface area contributed by atoms with Gasteiger partial charge in [-0.15, -0.1) is 0 Å². The van der Waals surface area contributed by atoms with Crippen LogP contribution >= 0.6 is 0 Å². The summed E-state index contributed by atoms with van der Waals surface area (Å²) < 4.78 is 0. The molecule has 4 amide bonds. The summed E-state index contributed by atoms with van der Waals surface area (Å²) >= 11 is 0. The quantitative estimate of drug-likeness (QED) is 0.854. The maximum Gasteiger partial charge on any atom is 0.330 e. The van der Waals surface area contributed by atoms with E-state index < -0.39 is 18.1 Å². The van der Waals surface area contributed by atoms with Gasteiger partial charge < -0.3 is 10.6 Å². The number of pyridine rings is 1. The summed E-state index contributed by atoms with van der Waals surface area (Å²) in [5.41, 5.74) is 3.31. The third kappa shape index (κ3) is 3.71. The highest BCUT2D eigenvalue weighted by atomic mass is 16.2. The Labute approximate surface area is 163 Å². The monoisotopic (exact) mass is 375 g/mol. The van der Waals surface area contributed by atoms with Crippen LogP contribution in [0, 0.1) is 11.3 Å². The number of carbonyl (C=O) groups is 2. The van der Waals surface area contributed by atoms with Gasteiger partial charge >= 0.3 is 12.1 Å². The molecule has 0 fully saturated rings. The minimum atomic E-state index is -0.806. The third-order valence-electron chi connectivity index (χ3n) is 4.42. The molecule has 0 aliphatic carbocycles. The van der Waals surface area contributed by atoms with Crippen LogP contribution in [-0.2, 0) is 0 Å². The topological polar surface area (TPSA) is 98.1 Å². The lowest BCUT2D eigenvalue weighted by Crippen LogP contribution is -2.54. The van der Waals surface area contributed by atoms with Gasteiger partial charge in [0.1, 0.15) is 6.04 Å². The van der Waals surface area contributed by atoms with Gasteiger partial charge in [0.2, 0.25) is 0 Å². The van der Waals surface area contributed by atoms with Crippen LogP contribution in [0.3, 0.4) is 0 Å². The molecule has 1 aliphatic rings. The van der Waals surface area contributed by atoms with Crippen LogP contribution in [0.5, 0.6) is 0 Å². The molecule has 1 aliphatic heterocycles. The number of aromatic nitrogens is 1. The van der Waals surface area contributed by atoms with Crippen molar-refractivity contribution in [2.45, 2.75) is 32.9 Å². The van der Waals surface area contributed by atoms with Gasteiger partial charge in [0, 0.05) is 24.1 Å². The molecule has 2 aromatic rings. The van der Waals surface area contributed by atoms with E-state index in [9.17, 15) is 14.9 Å². The zero-order valence-electron chi connectivity index (χ0n) is 15.9. The highest BCUT2D eigenvalue weighted by Crippen LogP contribution is 2.35. The number of imide groups is 1. The lowest BCUT2D eigenvalue weighted by atomic mass is 9.92. The first-order valence-electron chi connectivity index (χ1n) is 8.94. The lowest BCUT2D eigenvalue weighted by molar-refractivity contribution is 0.172. The molecule has 7 heteroatoms. The molecule has 7 nitrogen and oxygen atoms in total. The predicted octanol–water partition coefficient (Wildman–Crippen LogP) is 3.73. The van der Waals surface area contributed by atoms with Crippen LogP contribution in [0.4, 0.5) is 9.59 Å². The molecule has 28 heavy (non-hydrogen) atoms. The number of urea groups is 2. The van der Waals surface area contributed by atoms with Gasteiger partial charge in [-0.25, -0.2) is 14.5 Å². The van der Waals surface area contributed by atoms with E-state index in [0.717, 1.165) is 16.0 Å². The van der Waals surface area contributed by atoms with Gasteiger partial charge in [0.25, 0.3) is 0 Å². The molecule has 2 heterocycles. The molecule has 2 N–H and O–H groups in total. The van der Waals surface area contributed by atoms with Crippen LogP contribution in [0.15, 0.2) is 60.1 Å². The van der Waals surface area contributed by atoms with E-state index in [2.05, 4.69) is 21.7 Å². The number of nitrogens with zero attached hydrogens (tertiary/aromatic N) is 3. The van der Waals surface area contributed by atoms with E-state index in [-0.39, 0.29) is 6.04 Å². The number of hydrogen-bond acceptors (Lipinski definition) is 4. The lowest BCUT2D eigenvalue weighted by Gasteiger charge is -2.35. The van der Waals surface area contributed by atoms with Crippen LogP contribution < -0.4 is 10.6 Å². The molecule has 3 rings (SSSR count). The molecular formula is C21H21N5O2. The number of benzene rings is 1. The van der Waals surface area contributed by atoms with Crippen molar-refractivity contribution < 1.29 is 9.59 Å². The SMILES string of the molecule is CC1=C(C#N)C(c2cccc(-c3ccncc3)c2)N(C(=O)NC(C)C)C(=O)N1. The van der Waals surface area contributed by atoms with Crippen molar-refractivity contribution in [3.05, 3.63) is 65.6 Å². The van der Waals surface area contributed by atoms with Crippen molar-refractivity contribution in [3.8, 4) is 17.2 Å². The van der Waals surface area contributed by atoms with E-state index in [0.29, 0.717) is 16.8 Å². The maximum absolute atomic E-state index is 12.7. The second kappa shape index (κ2) is 7.92. The molecular weight excluding hydrogens is 354 g/mol. The summed E-state index contributed by atoms with van der Waals surface area (Å²) in [7, 11) is 0. The summed E-state index contributed by atoms with van der Waals surface area (Å²) in [5.74, 6) is 0. The third-order valence-corrected chi connectivity index (χ3v) is 4.42. The number of nitrogens with one attached hydrogen (secondary N) is 2. The standard InChI is InChI=1S/C21H21N5O2/c1-13(2)24-20(27)26-19(18(12-22)14(3)25-21(26)28)17-6-4-5-16(11-17)15-7-9-23-10-8-15/h4-11,13,19H,1-3H3,(H,24,27)(H,25,28). The summed E-state index contributed by atoms with van der Waals surface area (Å²) in [4.78, 5) is 30.5. The van der Waals surface area contributed by atoms with Crippen LogP contribution in [0.2, 0.25) is 0 Å². The van der Waals surface area contributed by atoms with Gasteiger partial charge in [0.15, 0.2) is 0 Å². The fraction of sp³-hybridized carbons (Fsp3) is 0.238. The summed E-state index contributed by atoms with van der Waals surface area (Å²) in [6.07, 6.45) is 3.40. The van der Waals surface area contributed by atoms with Crippen molar-refractivity contribution >= 4 is 12.1 Å². The van der Waals surface area contributed by atoms with E-state index >= 15 is 0 Å². The molecule has 0 saturated carbocycles. The normalized spacial score (nSPS) is 16.6. The number of nitriles is 1. The number of amides is 4. The van der Waals surface area contributed by atoms with E-state index in [4.69, 9.17) is 0 Å². The first-order chi connectivity index (χ1) is 13.4. The summed E-state index contributed by atoms with van der Waals surface area (Å²) in [6.45, 7) is 5.28. The minimum Gasteiger partial charge on any atom is -0.335 e. The van der Waals surface area contributed by atoms with Gasteiger partial charge in [-0.3, -0.25) is 4.98 Å². The summed E-state index contributed by atoms with van der Waals surface area (Å²) in [6, 6.07) is 11.3. The second-order valence-electron chi connectivity index (χ2n) is 6.82. The van der Waals surface area contributed by atoms with E-state index in [1.54, 1.807) is 19.3 Å². The van der Waals surface area contributed by atoms with Crippen molar-refractivity contribution in [2.24, 2.45) is 0 Å². The predicted molar refractivity (Wildman–Crippen MR) is 105 cm³/mol. The Kier molecular flexibility index (Phi) is 5.41. The molecule has 1 aromatic carbocycles. The Morgan fingerprint density at radius 1 is 1.25 bits per heavy atom. The van der Waals surface area contributed by atoms with E-state index in [1.165, 1.54) is 0 Å². The van der Waals surface area contributed by atoms with Crippen LogP contribution in [0.1, 0.15) is 32.4 Å². The van der Waals surface area contributed by atoms with Gasteiger partial charge in [0.05, 0.1) is 11.6 Å². The summed E-state index contributed by atoms with van der Waals surface area (Å²) in [5, 5.41) is 15.1. The van der Waals surface area contributed by atoms with Crippen molar-refractivity contribution in [1.29, 1.82) is 5.26 Å². The average molecular weight is 375 g/mol. The molecule has 0 saturated heterocycles. The zero-order valence-corrected chi connectivity index (χ0v) is 15.9. The Balaban J connectivity index is 2.11. The van der Waals surface area contributed by atoms with Crippen LogP contribution in [0.25, 0.3) is 11.1 Å². The van der Waals surface area contributed by atoms with Gasteiger partial charge in [-0.2, -0.15) is 5.26 Å². The highest BCUT2D eigenvalue weighted by Gasteiger charge is 2.39. The average Bonchev–Trinajstić information content (AvgIpc) is 2.67. The Hall–Kier alpha value is -3.66. The number of allylic oxidation sites excluding steroid dienone is 1. The highest BCUT2D eigenvalue weighted by molar-refractivity contribution is 5.96. The minimum absolute atomic E-state index is 0.151.